The van der Waals surface area contributed by atoms with Crippen LogP contribution in [0.15, 0.2) is 82.6 Å². The average Bonchev–Trinajstić information content (AvgIpc) is 2.84. The van der Waals surface area contributed by atoms with E-state index >= 15 is 0 Å². The number of halogens is 1. The SMILES string of the molecule is CCCC(N)(CCCc1ccc(Sc2cccc(OCc3ccccc3)c2)cc1Cl)CCS(=O)(=O)O. The summed E-state index contributed by atoms with van der Waals surface area (Å²) in [5.41, 5.74) is 8.02. The molecule has 0 radical (unpaired) electrons. The molecule has 0 bridgehead atoms. The van der Waals surface area contributed by atoms with Gasteiger partial charge in [0.05, 0.1) is 5.75 Å². The van der Waals surface area contributed by atoms with E-state index in [9.17, 15) is 8.42 Å². The minimum Gasteiger partial charge on any atom is -0.489 e. The van der Waals surface area contributed by atoms with Crippen molar-refractivity contribution < 1.29 is 17.7 Å². The van der Waals surface area contributed by atoms with E-state index in [2.05, 4.69) is 6.07 Å². The number of ether oxygens (including phenoxy) is 1. The molecular weight excluding hydrogens is 514 g/mol. The number of hydrogen-bond donors (Lipinski definition) is 2. The first-order valence-corrected chi connectivity index (χ1v) is 14.9. The van der Waals surface area contributed by atoms with Crippen molar-refractivity contribution >= 4 is 33.5 Å². The lowest BCUT2D eigenvalue weighted by Crippen LogP contribution is -2.41. The molecule has 1 unspecified atom stereocenters. The molecule has 8 heteroatoms. The maximum absolute atomic E-state index is 11.2. The molecule has 0 saturated carbocycles. The van der Waals surface area contributed by atoms with Crippen LogP contribution < -0.4 is 10.5 Å². The zero-order valence-electron chi connectivity index (χ0n) is 20.5. The summed E-state index contributed by atoms with van der Waals surface area (Å²) in [5.74, 6) is 0.507. The van der Waals surface area contributed by atoms with Crippen LogP contribution in [0.25, 0.3) is 0 Å². The Hall–Kier alpha value is -2.03. The Kier molecular flexibility index (Phi) is 10.7. The van der Waals surface area contributed by atoms with Crippen LogP contribution in [0.3, 0.4) is 0 Å². The number of benzene rings is 3. The highest BCUT2D eigenvalue weighted by Gasteiger charge is 2.25. The highest BCUT2D eigenvalue weighted by molar-refractivity contribution is 7.99. The maximum Gasteiger partial charge on any atom is 0.264 e. The summed E-state index contributed by atoms with van der Waals surface area (Å²) in [6.45, 7) is 2.54. The number of nitrogens with two attached hydrogens (primary N) is 1. The molecule has 0 spiro atoms. The van der Waals surface area contributed by atoms with Gasteiger partial charge in [0, 0.05) is 20.4 Å². The van der Waals surface area contributed by atoms with Crippen LogP contribution in [0.5, 0.6) is 5.75 Å². The van der Waals surface area contributed by atoms with Gasteiger partial charge in [-0.25, -0.2) is 0 Å². The predicted octanol–water partition coefficient (Wildman–Crippen LogP) is 7.17. The van der Waals surface area contributed by atoms with Gasteiger partial charge in [0.2, 0.25) is 0 Å². The minimum absolute atomic E-state index is 0.247. The van der Waals surface area contributed by atoms with Crippen LogP contribution in [0, 0.1) is 0 Å². The average molecular weight is 548 g/mol. The third kappa shape index (κ3) is 9.79. The second kappa shape index (κ2) is 13.5. The lowest BCUT2D eigenvalue weighted by atomic mass is 9.86. The summed E-state index contributed by atoms with van der Waals surface area (Å²) >= 11 is 8.22. The van der Waals surface area contributed by atoms with Crippen LogP contribution in [-0.4, -0.2) is 24.3 Å². The molecule has 0 fully saturated rings. The van der Waals surface area contributed by atoms with Crippen molar-refractivity contribution in [2.24, 2.45) is 5.73 Å². The van der Waals surface area contributed by atoms with Crippen molar-refractivity contribution in [2.75, 3.05) is 5.75 Å². The van der Waals surface area contributed by atoms with Gasteiger partial charge in [-0.05, 0) is 73.6 Å². The van der Waals surface area contributed by atoms with E-state index in [1.165, 1.54) is 0 Å². The van der Waals surface area contributed by atoms with Crippen molar-refractivity contribution in [1.29, 1.82) is 0 Å². The van der Waals surface area contributed by atoms with E-state index in [-0.39, 0.29) is 12.2 Å². The van der Waals surface area contributed by atoms with Crippen LogP contribution in [-0.2, 0) is 23.1 Å². The molecule has 0 aliphatic heterocycles. The Labute approximate surface area is 224 Å². The van der Waals surface area contributed by atoms with Crippen molar-refractivity contribution in [2.45, 2.75) is 67.4 Å². The normalized spacial score (nSPS) is 13.3. The quantitative estimate of drug-likeness (QED) is 0.208. The predicted molar refractivity (Wildman–Crippen MR) is 149 cm³/mol. The van der Waals surface area contributed by atoms with Gasteiger partial charge < -0.3 is 10.5 Å². The van der Waals surface area contributed by atoms with Crippen molar-refractivity contribution in [3.05, 3.63) is 88.9 Å². The van der Waals surface area contributed by atoms with Crippen molar-refractivity contribution in [3.8, 4) is 5.75 Å². The second-order valence-corrected chi connectivity index (χ2v) is 12.2. The minimum atomic E-state index is -4.02. The molecular formula is C28H34ClNO4S2. The number of aryl methyl sites for hydroxylation is 1. The summed E-state index contributed by atoms with van der Waals surface area (Å²) in [5, 5.41) is 0.701. The first-order chi connectivity index (χ1) is 17.2. The summed E-state index contributed by atoms with van der Waals surface area (Å²) in [7, 11) is -4.02. The van der Waals surface area contributed by atoms with E-state index in [0.717, 1.165) is 45.9 Å². The number of hydrogen-bond acceptors (Lipinski definition) is 5. The van der Waals surface area contributed by atoms with E-state index in [1.54, 1.807) is 11.8 Å². The zero-order valence-corrected chi connectivity index (χ0v) is 22.9. The third-order valence-electron chi connectivity index (χ3n) is 6.04. The van der Waals surface area contributed by atoms with E-state index in [1.807, 2.05) is 73.7 Å². The summed E-state index contributed by atoms with van der Waals surface area (Å²) in [6, 6.07) is 24.1. The van der Waals surface area contributed by atoms with Gasteiger partial charge in [0.1, 0.15) is 12.4 Å². The van der Waals surface area contributed by atoms with Crippen molar-refractivity contribution in [3.63, 3.8) is 0 Å². The molecule has 0 saturated heterocycles. The Bertz CT molecular complexity index is 1220. The molecule has 0 aliphatic carbocycles. The molecule has 1 atom stereocenters. The molecule has 0 aliphatic rings. The highest BCUT2D eigenvalue weighted by Crippen LogP contribution is 2.33. The van der Waals surface area contributed by atoms with E-state index < -0.39 is 15.7 Å². The summed E-state index contributed by atoms with van der Waals surface area (Å²) in [4.78, 5) is 2.10. The maximum atomic E-state index is 11.2. The van der Waals surface area contributed by atoms with E-state index in [4.69, 9.17) is 26.6 Å². The zero-order chi connectivity index (χ0) is 26.0. The van der Waals surface area contributed by atoms with Gasteiger partial charge in [-0.3, -0.25) is 4.55 Å². The van der Waals surface area contributed by atoms with Crippen molar-refractivity contribution in [1.82, 2.24) is 0 Å². The molecule has 36 heavy (non-hydrogen) atoms. The first-order valence-electron chi connectivity index (χ1n) is 12.1. The molecule has 0 heterocycles. The van der Waals surface area contributed by atoms with Gasteiger partial charge in [0.25, 0.3) is 10.1 Å². The lowest BCUT2D eigenvalue weighted by Gasteiger charge is -2.29. The van der Waals surface area contributed by atoms with Gasteiger partial charge in [-0.15, -0.1) is 0 Å². The Morgan fingerprint density at radius 3 is 2.42 bits per heavy atom. The molecule has 0 amide bonds. The van der Waals surface area contributed by atoms with Gasteiger partial charge in [0.15, 0.2) is 0 Å². The molecule has 3 N–H and O–H groups in total. The smallest absolute Gasteiger partial charge is 0.264 e. The molecule has 194 valence electrons. The summed E-state index contributed by atoms with van der Waals surface area (Å²) < 4.78 is 37.4. The van der Waals surface area contributed by atoms with Gasteiger partial charge in [-0.2, -0.15) is 8.42 Å². The van der Waals surface area contributed by atoms with Crippen LogP contribution >= 0.6 is 23.4 Å². The Morgan fingerprint density at radius 1 is 0.972 bits per heavy atom. The molecule has 3 aromatic carbocycles. The first kappa shape index (κ1) is 28.5. The fourth-order valence-corrected chi connectivity index (χ4v) is 6.05. The van der Waals surface area contributed by atoms with Gasteiger partial charge >= 0.3 is 0 Å². The van der Waals surface area contributed by atoms with Gasteiger partial charge in [-0.1, -0.05) is 79.2 Å². The molecule has 5 nitrogen and oxygen atoms in total. The largest absolute Gasteiger partial charge is 0.489 e. The van der Waals surface area contributed by atoms with Crippen LogP contribution in [0.2, 0.25) is 5.02 Å². The Balaban J connectivity index is 1.55. The third-order valence-corrected chi connectivity index (χ3v) is 8.09. The lowest BCUT2D eigenvalue weighted by molar-refractivity contribution is 0.305. The van der Waals surface area contributed by atoms with Crippen LogP contribution in [0.1, 0.15) is 50.2 Å². The van der Waals surface area contributed by atoms with Crippen LogP contribution in [0.4, 0.5) is 0 Å². The standard InChI is InChI=1S/C28H34ClNO4S2/c1-2-15-28(30,17-18-36(31,32)33)16-7-10-23-13-14-26(20-27(23)29)35-25-12-6-11-24(19-25)34-21-22-8-4-3-5-9-22/h3-6,8-9,11-14,19-20H,2,7,10,15-18,21,30H2,1H3,(H,31,32,33). The highest BCUT2D eigenvalue weighted by atomic mass is 35.5. The molecule has 3 rings (SSSR count). The summed E-state index contributed by atoms with van der Waals surface area (Å²) in [6.07, 6.45) is 4.01. The second-order valence-electron chi connectivity index (χ2n) is 9.11. The topological polar surface area (TPSA) is 89.6 Å². The number of rotatable bonds is 14. The molecule has 0 aromatic heterocycles. The Morgan fingerprint density at radius 2 is 1.72 bits per heavy atom. The molecule has 3 aromatic rings. The fourth-order valence-electron chi connectivity index (χ4n) is 4.13. The monoisotopic (exact) mass is 547 g/mol. The van der Waals surface area contributed by atoms with E-state index in [0.29, 0.717) is 24.5 Å². The fraction of sp³-hybridized carbons (Fsp3) is 0.357.